The number of nitrogens with one attached hydrogen (secondary N) is 2. The minimum absolute atomic E-state index is 0.00681. The fourth-order valence-corrected chi connectivity index (χ4v) is 2.96. The first-order valence-corrected chi connectivity index (χ1v) is 8.99. The van der Waals surface area contributed by atoms with Gasteiger partial charge in [0, 0.05) is 17.3 Å². The van der Waals surface area contributed by atoms with Crippen molar-refractivity contribution in [2.75, 3.05) is 19.0 Å². The van der Waals surface area contributed by atoms with E-state index in [0.29, 0.717) is 0 Å². The fraction of sp³-hybridized carbons (Fsp3) is 0.174. The van der Waals surface area contributed by atoms with E-state index in [1.54, 1.807) is 7.11 Å². The zero-order valence-corrected chi connectivity index (χ0v) is 15.6. The second-order valence-corrected chi connectivity index (χ2v) is 6.34. The van der Waals surface area contributed by atoms with Gasteiger partial charge in [-0.15, -0.1) is 0 Å². The molecule has 4 heteroatoms. The van der Waals surface area contributed by atoms with Crippen molar-refractivity contribution in [2.45, 2.75) is 13.0 Å². The Kier molecular flexibility index (Phi) is 6.23. The standard InChI is InChI=1S/C23H24N2O2/c1-17(21-10-6-7-11-22(21)27-2)24-16-23(26)25-20-14-12-19(13-15-20)18-8-4-3-5-9-18/h3-15,17,24H,16H2,1-2H3,(H,25,26)/t17-/m1/s1. The number of ether oxygens (including phenoxy) is 1. The summed E-state index contributed by atoms with van der Waals surface area (Å²) in [6, 6.07) is 25.8. The number of amides is 1. The number of benzene rings is 3. The molecule has 3 rings (SSSR count). The van der Waals surface area contributed by atoms with Crippen LogP contribution in [-0.2, 0) is 4.79 Å². The number of hydrogen-bond acceptors (Lipinski definition) is 3. The molecule has 0 aliphatic rings. The van der Waals surface area contributed by atoms with Crippen molar-refractivity contribution in [1.29, 1.82) is 0 Å². The molecule has 4 nitrogen and oxygen atoms in total. The van der Waals surface area contributed by atoms with Gasteiger partial charge in [-0.3, -0.25) is 4.79 Å². The summed E-state index contributed by atoms with van der Waals surface area (Å²) >= 11 is 0. The molecule has 27 heavy (non-hydrogen) atoms. The van der Waals surface area contributed by atoms with Gasteiger partial charge >= 0.3 is 0 Å². The maximum atomic E-state index is 12.3. The van der Waals surface area contributed by atoms with E-state index in [9.17, 15) is 4.79 Å². The van der Waals surface area contributed by atoms with Crippen LogP contribution in [0.5, 0.6) is 5.75 Å². The van der Waals surface area contributed by atoms with Crippen molar-refractivity contribution < 1.29 is 9.53 Å². The molecule has 1 atom stereocenters. The second kappa shape index (κ2) is 9.01. The Morgan fingerprint density at radius 3 is 2.22 bits per heavy atom. The van der Waals surface area contributed by atoms with Crippen molar-refractivity contribution >= 4 is 11.6 Å². The number of methoxy groups -OCH3 is 1. The van der Waals surface area contributed by atoms with Gasteiger partial charge in [-0.1, -0.05) is 60.7 Å². The van der Waals surface area contributed by atoms with E-state index in [-0.39, 0.29) is 18.5 Å². The van der Waals surface area contributed by atoms with Gasteiger partial charge in [0.05, 0.1) is 13.7 Å². The zero-order valence-electron chi connectivity index (χ0n) is 15.6. The molecule has 0 heterocycles. The number of anilines is 1. The van der Waals surface area contributed by atoms with Crippen LogP contribution >= 0.6 is 0 Å². The minimum atomic E-state index is -0.0794. The summed E-state index contributed by atoms with van der Waals surface area (Å²) in [6.07, 6.45) is 0. The van der Waals surface area contributed by atoms with Crippen LogP contribution in [0.4, 0.5) is 5.69 Å². The second-order valence-electron chi connectivity index (χ2n) is 6.34. The molecule has 0 spiro atoms. The molecule has 2 N–H and O–H groups in total. The largest absolute Gasteiger partial charge is 0.496 e. The lowest BCUT2D eigenvalue weighted by molar-refractivity contribution is -0.115. The summed E-state index contributed by atoms with van der Waals surface area (Å²) in [5.41, 5.74) is 4.09. The molecular formula is C23H24N2O2. The van der Waals surface area contributed by atoms with E-state index >= 15 is 0 Å². The third kappa shape index (κ3) is 4.96. The maximum Gasteiger partial charge on any atom is 0.238 e. The van der Waals surface area contributed by atoms with Crippen molar-refractivity contribution in [2.24, 2.45) is 0 Å². The van der Waals surface area contributed by atoms with Crippen LogP contribution in [0.1, 0.15) is 18.5 Å². The highest BCUT2D eigenvalue weighted by molar-refractivity contribution is 5.92. The van der Waals surface area contributed by atoms with Crippen molar-refractivity contribution in [3.63, 3.8) is 0 Å². The van der Waals surface area contributed by atoms with Gasteiger partial charge in [-0.25, -0.2) is 0 Å². The van der Waals surface area contributed by atoms with E-state index in [2.05, 4.69) is 22.8 Å². The number of carbonyl (C=O) groups excluding carboxylic acids is 1. The Hall–Kier alpha value is -3.11. The first-order chi connectivity index (χ1) is 13.2. The highest BCUT2D eigenvalue weighted by Gasteiger charge is 2.12. The lowest BCUT2D eigenvalue weighted by Crippen LogP contribution is -2.30. The molecule has 0 bridgehead atoms. The molecule has 3 aromatic rings. The third-order valence-corrected chi connectivity index (χ3v) is 4.45. The first-order valence-electron chi connectivity index (χ1n) is 8.99. The highest BCUT2D eigenvalue weighted by Crippen LogP contribution is 2.24. The maximum absolute atomic E-state index is 12.3. The van der Waals surface area contributed by atoms with Gasteiger partial charge in [0.2, 0.25) is 5.91 Å². The van der Waals surface area contributed by atoms with E-state index in [0.717, 1.165) is 28.1 Å². The molecule has 0 aliphatic heterocycles. The lowest BCUT2D eigenvalue weighted by Gasteiger charge is -2.17. The van der Waals surface area contributed by atoms with Gasteiger partial charge in [-0.05, 0) is 36.2 Å². The van der Waals surface area contributed by atoms with Crippen molar-refractivity contribution in [1.82, 2.24) is 5.32 Å². The summed E-state index contributed by atoms with van der Waals surface area (Å²) in [5.74, 6) is 0.735. The average molecular weight is 360 g/mol. The quantitative estimate of drug-likeness (QED) is 0.645. The normalized spacial score (nSPS) is 11.6. The van der Waals surface area contributed by atoms with Gasteiger partial charge in [-0.2, -0.15) is 0 Å². The summed E-state index contributed by atoms with van der Waals surface area (Å²) in [5, 5.41) is 6.16. The van der Waals surface area contributed by atoms with E-state index in [4.69, 9.17) is 4.74 Å². The number of hydrogen-bond donors (Lipinski definition) is 2. The van der Waals surface area contributed by atoms with E-state index in [1.807, 2.05) is 73.7 Å². The summed E-state index contributed by atoms with van der Waals surface area (Å²) < 4.78 is 5.38. The summed E-state index contributed by atoms with van der Waals surface area (Å²) in [4.78, 5) is 12.3. The fourth-order valence-electron chi connectivity index (χ4n) is 2.96. The van der Waals surface area contributed by atoms with Crippen LogP contribution in [0.15, 0.2) is 78.9 Å². The predicted octanol–water partition coefficient (Wildman–Crippen LogP) is 4.65. The van der Waals surface area contributed by atoms with Gasteiger partial charge in [0.1, 0.15) is 5.75 Å². The minimum Gasteiger partial charge on any atom is -0.496 e. The van der Waals surface area contributed by atoms with E-state index in [1.165, 1.54) is 0 Å². The Balaban J connectivity index is 1.55. The van der Waals surface area contributed by atoms with Gasteiger partial charge in [0.15, 0.2) is 0 Å². The molecule has 0 saturated heterocycles. The first kappa shape index (κ1) is 18.7. The number of carbonyl (C=O) groups is 1. The molecule has 0 unspecified atom stereocenters. The van der Waals surface area contributed by atoms with Gasteiger partial charge < -0.3 is 15.4 Å². The van der Waals surface area contributed by atoms with Crippen molar-refractivity contribution in [3.8, 4) is 16.9 Å². The molecule has 138 valence electrons. The molecule has 0 radical (unpaired) electrons. The third-order valence-electron chi connectivity index (χ3n) is 4.45. The summed E-state index contributed by atoms with van der Waals surface area (Å²) in [7, 11) is 1.65. The Morgan fingerprint density at radius 1 is 0.889 bits per heavy atom. The molecule has 0 aromatic heterocycles. The van der Waals surface area contributed by atoms with Crippen LogP contribution in [0.25, 0.3) is 11.1 Å². The molecule has 1 amide bonds. The van der Waals surface area contributed by atoms with Gasteiger partial charge in [0.25, 0.3) is 0 Å². The SMILES string of the molecule is COc1ccccc1[C@@H](C)NCC(=O)Nc1ccc(-c2ccccc2)cc1. The molecule has 0 saturated carbocycles. The molecular weight excluding hydrogens is 336 g/mol. The van der Waals surface area contributed by atoms with Crippen molar-refractivity contribution in [3.05, 3.63) is 84.4 Å². The Bertz CT molecular complexity index is 876. The smallest absolute Gasteiger partial charge is 0.238 e. The number of rotatable bonds is 7. The predicted molar refractivity (Wildman–Crippen MR) is 110 cm³/mol. The highest BCUT2D eigenvalue weighted by atomic mass is 16.5. The lowest BCUT2D eigenvalue weighted by atomic mass is 10.1. The van der Waals surface area contributed by atoms with Crippen LogP contribution in [0, 0.1) is 0 Å². The topological polar surface area (TPSA) is 50.4 Å². The van der Waals surface area contributed by atoms with E-state index < -0.39 is 0 Å². The van der Waals surface area contributed by atoms with Crippen LogP contribution in [-0.4, -0.2) is 19.6 Å². The summed E-state index contributed by atoms with van der Waals surface area (Å²) in [6.45, 7) is 2.24. The molecule has 0 fully saturated rings. The van der Waals surface area contributed by atoms with Crippen LogP contribution in [0.2, 0.25) is 0 Å². The zero-order chi connectivity index (χ0) is 19.1. The Morgan fingerprint density at radius 2 is 1.52 bits per heavy atom. The number of para-hydroxylation sites is 1. The van der Waals surface area contributed by atoms with Crippen LogP contribution < -0.4 is 15.4 Å². The Labute approximate surface area is 160 Å². The van der Waals surface area contributed by atoms with Crippen LogP contribution in [0.3, 0.4) is 0 Å². The average Bonchev–Trinajstić information content (AvgIpc) is 2.73. The molecule has 3 aromatic carbocycles. The monoisotopic (exact) mass is 360 g/mol. The molecule has 0 aliphatic carbocycles.